The summed E-state index contributed by atoms with van der Waals surface area (Å²) in [5, 5.41) is 1.80. The lowest BCUT2D eigenvalue weighted by Crippen LogP contribution is -2.47. The number of hydrogen-bond acceptors (Lipinski definition) is 6. The molecule has 0 saturated carbocycles. The summed E-state index contributed by atoms with van der Waals surface area (Å²) < 4.78 is 43.4. The highest BCUT2D eigenvalue weighted by Gasteiger charge is 2.32. The fraction of sp³-hybridized carbons (Fsp3) is 0.412. The molecular weight excluding hydrogens is 403 g/mol. The Morgan fingerprint density at radius 3 is 2.63 bits per heavy atom. The van der Waals surface area contributed by atoms with Crippen molar-refractivity contribution in [1.82, 2.24) is 9.88 Å². The zero-order valence-corrected chi connectivity index (χ0v) is 15.8. The van der Waals surface area contributed by atoms with Gasteiger partial charge in [0.25, 0.3) is 0 Å². The standard InChI is InChI=1S/C17H17ClF3N3O2S/c18-13-10-12(17(19,20)21)11-22-15(13)24-5-3-23(4-6-24)7-8-26-16(25)14-2-1-9-27-14/h1-2,9-11H,3-8H2. The van der Waals surface area contributed by atoms with Crippen LogP contribution in [-0.2, 0) is 10.9 Å². The maximum atomic E-state index is 12.7. The monoisotopic (exact) mass is 419 g/mol. The number of carbonyl (C=O) groups is 1. The second kappa shape index (κ2) is 8.45. The summed E-state index contributed by atoms with van der Waals surface area (Å²) in [5.41, 5.74) is -0.859. The molecule has 27 heavy (non-hydrogen) atoms. The van der Waals surface area contributed by atoms with E-state index in [1.807, 2.05) is 10.3 Å². The smallest absolute Gasteiger partial charge is 0.417 e. The normalized spacial score (nSPS) is 15.8. The van der Waals surface area contributed by atoms with Crippen LogP contribution in [0.3, 0.4) is 0 Å². The maximum absolute atomic E-state index is 12.7. The molecule has 1 saturated heterocycles. The Kier molecular flexibility index (Phi) is 6.23. The van der Waals surface area contributed by atoms with Gasteiger partial charge in [0.2, 0.25) is 0 Å². The number of piperazine rings is 1. The summed E-state index contributed by atoms with van der Waals surface area (Å²) in [5.74, 6) is 0.0258. The van der Waals surface area contributed by atoms with Gasteiger partial charge in [0.1, 0.15) is 17.3 Å². The Labute approximate surface area is 163 Å². The van der Waals surface area contributed by atoms with Crippen LogP contribution in [0.25, 0.3) is 0 Å². The number of rotatable bonds is 5. The fourth-order valence-corrected chi connectivity index (χ4v) is 3.64. The van der Waals surface area contributed by atoms with Crippen LogP contribution >= 0.6 is 22.9 Å². The molecule has 2 aromatic heterocycles. The van der Waals surface area contributed by atoms with Crippen molar-refractivity contribution in [1.29, 1.82) is 0 Å². The minimum Gasteiger partial charge on any atom is -0.460 e. The molecule has 0 radical (unpaired) electrons. The van der Waals surface area contributed by atoms with Gasteiger partial charge >= 0.3 is 12.1 Å². The number of alkyl halides is 3. The Hall–Kier alpha value is -1.84. The average molecular weight is 420 g/mol. The molecule has 0 spiro atoms. The topological polar surface area (TPSA) is 45.7 Å². The molecule has 0 aromatic carbocycles. The van der Waals surface area contributed by atoms with Crippen molar-refractivity contribution in [2.45, 2.75) is 6.18 Å². The van der Waals surface area contributed by atoms with Crippen molar-refractivity contribution in [3.8, 4) is 0 Å². The van der Waals surface area contributed by atoms with Crippen LogP contribution in [-0.4, -0.2) is 55.2 Å². The van der Waals surface area contributed by atoms with E-state index in [2.05, 4.69) is 9.88 Å². The number of anilines is 1. The Morgan fingerprint density at radius 2 is 2.04 bits per heavy atom. The highest BCUT2D eigenvalue weighted by Crippen LogP contribution is 2.33. The van der Waals surface area contributed by atoms with Crippen LogP contribution in [0.4, 0.5) is 19.0 Å². The zero-order valence-electron chi connectivity index (χ0n) is 14.2. The van der Waals surface area contributed by atoms with E-state index in [4.69, 9.17) is 16.3 Å². The lowest BCUT2D eigenvalue weighted by Gasteiger charge is -2.35. The molecule has 0 amide bonds. The largest absolute Gasteiger partial charge is 0.460 e. The molecule has 1 aliphatic heterocycles. The summed E-state index contributed by atoms with van der Waals surface area (Å²) in [7, 11) is 0. The zero-order chi connectivity index (χ0) is 19.4. The van der Waals surface area contributed by atoms with E-state index in [0.717, 1.165) is 12.3 Å². The number of hydrogen-bond donors (Lipinski definition) is 0. The third-order valence-electron chi connectivity index (χ3n) is 4.18. The number of thiophene rings is 1. The van der Waals surface area contributed by atoms with E-state index in [1.54, 1.807) is 12.1 Å². The summed E-state index contributed by atoms with van der Waals surface area (Å²) in [6, 6.07) is 4.41. The van der Waals surface area contributed by atoms with Gasteiger partial charge in [-0.25, -0.2) is 9.78 Å². The van der Waals surface area contributed by atoms with Crippen molar-refractivity contribution in [3.63, 3.8) is 0 Å². The Bertz CT molecular complexity index is 778. The molecule has 3 heterocycles. The van der Waals surface area contributed by atoms with Gasteiger partial charge in [-0.15, -0.1) is 11.3 Å². The number of halogens is 4. The molecule has 146 valence electrons. The maximum Gasteiger partial charge on any atom is 0.417 e. The molecule has 3 rings (SSSR count). The van der Waals surface area contributed by atoms with Crippen molar-refractivity contribution in [2.75, 3.05) is 44.2 Å². The molecule has 2 aromatic rings. The highest BCUT2D eigenvalue weighted by molar-refractivity contribution is 7.11. The number of carbonyl (C=O) groups excluding carboxylic acids is 1. The van der Waals surface area contributed by atoms with Crippen LogP contribution in [0.15, 0.2) is 29.8 Å². The van der Waals surface area contributed by atoms with Crippen LogP contribution in [0.5, 0.6) is 0 Å². The molecular formula is C17H17ClF3N3O2S. The van der Waals surface area contributed by atoms with Gasteiger partial charge < -0.3 is 9.64 Å². The van der Waals surface area contributed by atoms with E-state index < -0.39 is 11.7 Å². The van der Waals surface area contributed by atoms with Crippen LogP contribution < -0.4 is 4.90 Å². The molecule has 0 unspecified atom stereocenters. The van der Waals surface area contributed by atoms with Gasteiger partial charge in [0.05, 0.1) is 10.6 Å². The molecule has 10 heteroatoms. The molecule has 1 fully saturated rings. The van der Waals surface area contributed by atoms with Crippen molar-refractivity contribution >= 4 is 34.7 Å². The number of aromatic nitrogens is 1. The van der Waals surface area contributed by atoms with Gasteiger partial charge in [-0.1, -0.05) is 17.7 Å². The van der Waals surface area contributed by atoms with E-state index in [9.17, 15) is 18.0 Å². The van der Waals surface area contributed by atoms with Crippen molar-refractivity contribution < 1.29 is 22.7 Å². The third kappa shape index (κ3) is 5.12. The average Bonchev–Trinajstić information content (AvgIpc) is 3.16. The predicted molar refractivity (Wildman–Crippen MR) is 97.5 cm³/mol. The SMILES string of the molecule is O=C(OCCN1CCN(c2ncc(C(F)(F)F)cc2Cl)CC1)c1cccs1. The minimum atomic E-state index is -4.46. The lowest BCUT2D eigenvalue weighted by molar-refractivity contribution is -0.137. The number of ether oxygens (including phenoxy) is 1. The van der Waals surface area contributed by atoms with Crippen molar-refractivity contribution in [3.05, 3.63) is 45.2 Å². The van der Waals surface area contributed by atoms with E-state index in [-0.39, 0.29) is 17.6 Å². The van der Waals surface area contributed by atoms with Crippen LogP contribution in [0, 0.1) is 0 Å². The molecule has 0 aliphatic carbocycles. The first-order valence-electron chi connectivity index (χ1n) is 8.25. The van der Waals surface area contributed by atoms with E-state index in [1.165, 1.54) is 11.3 Å². The van der Waals surface area contributed by atoms with Gasteiger partial charge in [0, 0.05) is 38.9 Å². The number of esters is 1. The highest BCUT2D eigenvalue weighted by atomic mass is 35.5. The van der Waals surface area contributed by atoms with Gasteiger partial charge in [0.15, 0.2) is 0 Å². The van der Waals surface area contributed by atoms with Gasteiger partial charge in [-0.05, 0) is 17.5 Å². The van der Waals surface area contributed by atoms with Crippen molar-refractivity contribution in [2.24, 2.45) is 0 Å². The first-order chi connectivity index (χ1) is 12.8. The fourth-order valence-electron chi connectivity index (χ4n) is 2.73. The molecule has 0 atom stereocenters. The van der Waals surface area contributed by atoms with Crippen LogP contribution in [0.1, 0.15) is 15.2 Å². The van der Waals surface area contributed by atoms with E-state index in [0.29, 0.717) is 43.4 Å². The lowest BCUT2D eigenvalue weighted by atomic mass is 10.2. The minimum absolute atomic E-state index is 0.0110. The van der Waals surface area contributed by atoms with Gasteiger partial charge in [-0.3, -0.25) is 4.90 Å². The molecule has 0 N–H and O–H groups in total. The summed E-state index contributed by atoms with van der Waals surface area (Å²) >= 11 is 7.33. The summed E-state index contributed by atoms with van der Waals surface area (Å²) in [6.45, 7) is 3.40. The molecule has 1 aliphatic rings. The van der Waals surface area contributed by atoms with Crippen LogP contribution in [0.2, 0.25) is 5.02 Å². The number of pyridine rings is 1. The second-order valence-corrected chi connectivity index (χ2v) is 7.32. The molecule has 0 bridgehead atoms. The quantitative estimate of drug-likeness (QED) is 0.690. The predicted octanol–water partition coefficient (Wildman–Crippen LogP) is 3.79. The first kappa shape index (κ1) is 19.9. The Balaban J connectivity index is 1.47. The third-order valence-corrected chi connectivity index (χ3v) is 5.31. The Morgan fingerprint density at radius 1 is 1.30 bits per heavy atom. The van der Waals surface area contributed by atoms with Gasteiger partial charge in [-0.2, -0.15) is 13.2 Å². The molecule has 5 nitrogen and oxygen atoms in total. The summed E-state index contributed by atoms with van der Waals surface area (Å²) in [6.07, 6.45) is -3.66. The first-order valence-corrected chi connectivity index (χ1v) is 9.51. The second-order valence-electron chi connectivity index (χ2n) is 5.97. The number of nitrogens with zero attached hydrogens (tertiary/aromatic N) is 3. The summed E-state index contributed by atoms with van der Waals surface area (Å²) in [4.78, 5) is 20.2. The van der Waals surface area contributed by atoms with E-state index >= 15 is 0 Å².